The minimum absolute atomic E-state index is 0.235. The van der Waals surface area contributed by atoms with Crippen molar-refractivity contribution in [3.63, 3.8) is 0 Å². The Balaban J connectivity index is 1.39. The van der Waals surface area contributed by atoms with Crippen molar-refractivity contribution in [1.29, 1.82) is 0 Å². The van der Waals surface area contributed by atoms with Crippen molar-refractivity contribution in [3.8, 4) is 11.3 Å². The molecule has 5 rings (SSSR count). The fourth-order valence-electron chi connectivity index (χ4n) is 4.45. The predicted octanol–water partition coefficient (Wildman–Crippen LogP) is 4.16. The van der Waals surface area contributed by atoms with Gasteiger partial charge in [0.1, 0.15) is 5.69 Å². The van der Waals surface area contributed by atoms with Gasteiger partial charge in [-0.15, -0.1) is 0 Å². The van der Waals surface area contributed by atoms with Crippen LogP contribution in [-0.4, -0.2) is 37.8 Å². The van der Waals surface area contributed by atoms with Crippen LogP contribution in [0.4, 0.5) is 4.39 Å². The van der Waals surface area contributed by atoms with Crippen LogP contribution < -0.4 is 5.32 Å². The summed E-state index contributed by atoms with van der Waals surface area (Å²) in [5.74, 6) is -0.777. The van der Waals surface area contributed by atoms with Crippen LogP contribution in [0.5, 0.6) is 0 Å². The minimum atomic E-state index is -0.511. The number of carbonyl (C=O) groups is 1. The molecule has 3 aromatic heterocycles. The molecular formula is C26H25FN4O2. The van der Waals surface area contributed by atoms with Gasteiger partial charge in [0, 0.05) is 11.8 Å². The van der Waals surface area contributed by atoms with Crippen LogP contribution in [0.1, 0.15) is 47.3 Å². The number of fused-ring (bicyclic) bond motifs is 1. The largest absolute Gasteiger partial charge is 0.391 e. The van der Waals surface area contributed by atoms with Crippen molar-refractivity contribution in [2.24, 2.45) is 0 Å². The van der Waals surface area contributed by atoms with E-state index in [1.807, 2.05) is 48.7 Å². The fourth-order valence-corrected chi connectivity index (χ4v) is 4.45. The number of aliphatic hydroxyl groups excluding tert-OH is 1. The number of nitrogens with one attached hydrogen (secondary N) is 1. The average Bonchev–Trinajstić information content (AvgIpc) is 3.30. The molecule has 2 atom stereocenters. The van der Waals surface area contributed by atoms with E-state index in [4.69, 9.17) is 0 Å². The third-order valence-electron chi connectivity index (χ3n) is 6.22. The highest BCUT2D eigenvalue weighted by molar-refractivity contribution is 5.93. The lowest BCUT2D eigenvalue weighted by atomic mass is 9.92. The van der Waals surface area contributed by atoms with Gasteiger partial charge in [-0.3, -0.25) is 4.79 Å². The summed E-state index contributed by atoms with van der Waals surface area (Å²) >= 11 is 0. The molecule has 3 heterocycles. The second-order valence-corrected chi connectivity index (χ2v) is 8.54. The van der Waals surface area contributed by atoms with E-state index in [0.29, 0.717) is 24.2 Å². The van der Waals surface area contributed by atoms with Gasteiger partial charge in [-0.1, -0.05) is 43.2 Å². The van der Waals surface area contributed by atoms with Crippen LogP contribution in [0.25, 0.3) is 16.8 Å². The van der Waals surface area contributed by atoms with Crippen molar-refractivity contribution in [3.05, 3.63) is 89.6 Å². The van der Waals surface area contributed by atoms with Crippen LogP contribution in [0.15, 0.2) is 66.9 Å². The Morgan fingerprint density at radius 3 is 2.70 bits per heavy atom. The van der Waals surface area contributed by atoms with Crippen molar-refractivity contribution in [1.82, 2.24) is 19.9 Å². The normalized spacial score (nSPS) is 18.4. The van der Waals surface area contributed by atoms with Gasteiger partial charge < -0.3 is 10.4 Å². The van der Waals surface area contributed by atoms with Crippen LogP contribution in [0.2, 0.25) is 0 Å². The summed E-state index contributed by atoms with van der Waals surface area (Å²) in [5, 5.41) is 17.6. The third-order valence-corrected chi connectivity index (χ3v) is 6.22. The van der Waals surface area contributed by atoms with E-state index in [2.05, 4.69) is 15.4 Å². The molecule has 0 unspecified atom stereocenters. The smallest absolute Gasteiger partial charge is 0.272 e. The first-order valence-electron chi connectivity index (χ1n) is 11.2. The van der Waals surface area contributed by atoms with Gasteiger partial charge in [-0.05, 0) is 60.7 Å². The maximum atomic E-state index is 13.4. The quantitative estimate of drug-likeness (QED) is 0.453. The van der Waals surface area contributed by atoms with Crippen LogP contribution in [0, 0.1) is 5.95 Å². The summed E-state index contributed by atoms with van der Waals surface area (Å²) < 4.78 is 15.2. The molecule has 1 aliphatic rings. The van der Waals surface area contributed by atoms with Crippen molar-refractivity contribution >= 4 is 11.4 Å². The number of carbonyl (C=O) groups excluding carboxylic acids is 1. The first-order chi connectivity index (χ1) is 16.1. The van der Waals surface area contributed by atoms with Crippen LogP contribution in [0.3, 0.4) is 0 Å². The highest BCUT2D eigenvalue weighted by Crippen LogP contribution is 2.22. The first-order valence-corrected chi connectivity index (χ1v) is 11.2. The number of nitrogens with zero attached hydrogens (tertiary/aromatic N) is 3. The Hall–Kier alpha value is -3.58. The Morgan fingerprint density at radius 2 is 1.91 bits per heavy atom. The van der Waals surface area contributed by atoms with Gasteiger partial charge in [0.2, 0.25) is 5.95 Å². The topological polar surface area (TPSA) is 79.5 Å². The van der Waals surface area contributed by atoms with E-state index in [-0.39, 0.29) is 11.9 Å². The molecule has 2 N–H and O–H groups in total. The number of pyridine rings is 1. The molecule has 0 aliphatic heterocycles. The summed E-state index contributed by atoms with van der Waals surface area (Å²) in [6.45, 7) is 0. The number of hydrogen-bond donors (Lipinski definition) is 2. The van der Waals surface area contributed by atoms with Crippen molar-refractivity contribution in [2.75, 3.05) is 0 Å². The molecule has 0 spiro atoms. The fraction of sp³-hybridized carbons (Fsp3) is 0.269. The lowest BCUT2D eigenvalue weighted by Crippen LogP contribution is -2.45. The zero-order valence-corrected chi connectivity index (χ0v) is 18.1. The highest BCUT2D eigenvalue weighted by atomic mass is 19.1. The Bertz CT molecular complexity index is 1290. The summed E-state index contributed by atoms with van der Waals surface area (Å²) in [6, 6.07) is 18.0. The average molecular weight is 445 g/mol. The predicted molar refractivity (Wildman–Crippen MR) is 123 cm³/mol. The molecule has 1 fully saturated rings. The third kappa shape index (κ3) is 4.64. The first kappa shape index (κ1) is 21.3. The van der Waals surface area contributed by atoms with Gasteiger partial charge in [0.15, 0.2) is 0 Å². The number of rotatable bonds is 5. The molecule has 1 amide bonds. The van der Waals surface area contributed by atoms with Crippen molar-refractivity contribution in [2.45, 2.75) is 44.2 Å². The second-order valence-electron chi connectivity index (χ2n) is 8.54. The molecule has 1 aliphatic carbocycles. The molecule has 168 valence electrons. The summed E-state index contributed by atoms with van der Waals surface area (Å²) in [7, 11) is 0. The highest BCUT2D eigenvalue weighted by Gasteiger charge is 2.25. The molecule has 7 heteroatoms. The monoisotopic (exact) mass is 444 g/mol. The van der Waals surface area contributed by atoms with E-state index < -0.39 is 12.1 Å². The molecule has 6 nitrogen and oxygen atoms in total. The Morgan fingerprint density at radius 1 is 1.09 bits per heavy atom. The summed E-state index contributed by atoms with van der Waals surface area (Å²) in [4.78, 5) is 16.9. The van der Waals surface area contributed by atoms with E-state index in [1.165, 1.54) is 6.07 Å². The number of hydrogen-bond acceptors (Lipinski definition) is 4. The Labute approximate surface area is 191 Å². The van der Waals surface area contributed by atoms with Gasteiger partial charge in [0.25, 0.3) is 5.91 Å². The number of aliphatic hydroxyl groups is 1. The zero-order chi connectivity index (χ0) is 22.8. The maximum Gasteiger partial charge on any atom is 0.272 e. The van der Waals surface area contributed by atoms with E-state index in [9.17, 15) is 14.3 Å². The molecule has 1 saturated carbocycles. The maximum absolute atomic E-state index is 13.4. The summed E-state index contributed by atoms with van der Waals surface area (Å²) in [6.07, 6.45) is 5.39. The standard InChI is InChI=1S/C26H25FN4O2/c27-25-9-3-6-20(28-25)18-12-10-17(11-13-18)15-19-16-22(30-31-14-4-7-23(19)31)26(33)29-21-5-1-2-8-24(21)32/h3-4,6-7,9-14,16,21,24,32H,1-2,5,8,15H2,(H,29,33)/t21-,24-/m0/s1. The SMILES string of the molecule is O=C(N[C@H]1CCCC[C@@H]1O)c1cc(Cc2ccc(-c3cccc(F)n3)cc2)c2cccn2n1. The lowest BCUT2D eigenvalue weighted by Gasteiger charge is -2.28. The van der Waals surface area contributed by atoms with E-state index in [1.54, 1.807) is 16.6 Å². The van der Waals surface area contributed by atoms with Gasteiger partial charge in [-0.25, -0.2) is 9.50 Å². The van der Waals surface area contributed by atoms with E-state index in [0.717, 1.165) is 41.5 Å². The zero-order valence-electron chi connectivity index (χ0n) is 18.1. The van der Waals surface area contributed by atoms with Crippen molar-refractivity contribution < 1.29 is 14.3 Å². The Kier molecular flexibility index (Phi) is 5.88. The lowest BCUT2D eigenvalue weighted by molar-refractivity contribution is 0.0713. The molecule has 33 heavy (non-hydrogen) atoms. The summed E-state index contributed by atoms with van der Waals surface area (Å²) in [5.41, 5.74) is 4.71. The van der Waals surface area contributed by atoms with Gasteiger partial charge in [0.05, 0.1) is 23.4 Å². The van der Waals surface area contributed by atoms with E-state index >= 15 is 0 Å². The van der Waals surface area contributed by atoms with Gasteiger partial charge in [-0.2, -0.15) is 9.49 Å². The minimum Gasteiger partial charge on any atom is -0.391 e. The van der Waals surface area contributed by atoms with Gasteiger partial charge >= 0.3 is 0 Å². The molecule has 0 saturated heterocycles. The molecule has 0 bridgehead atoms. The number of aromatic nitrogens is 3. The number of benzene rings is 1. The number of halogens is 1. The molecule has 0 radical (unpaired) electrons. The number of amides is 1. The molecule has 1 aromatic carbocycles. The van der Waals surface area contributed by atoms with Crippen LogP contribution in [-0.2, 0) is 6.42 Å². The molecular weight excluding hydrogens is 419 g/mol. The second kappa shape index (κ2) is 9.11. The molecule has 4 aromatic rings. The van der Waals surface area contributed by atoms with Crippen LogP contribution >= 0.6 is 0 Å².